The number of carbonyl (C=O) groups excluding carboxylic acids is 2. The van der Waals surface area contributed by atoms with Crippen LogP contribution >= 0.6 is 0 Å². The Morgan fingerprint density at radius 1 is 1.08 bits per heavy atom. The second-order valence-electron chi connectivity index (χ2n) is 6.01. The highest BCUT2D eigenvalue weighted by molar-refractivity contribution is 5.77. The van der Waals surface area contributed by atoms with Crippen LogP contribution in [0.2, 0.25) is 0 Å². The van der Waals surface area contributed by atoms with Crippen LogP contribution in [-0.4, -0.2) is 37.2 Å². The molecule has 1 aliphatic heterocycles. The van der Waals surface area contributed by atoms with Gasteiger partial charge in [0.05, 0.1) is 6.42 Å². The number of likely N-dealkylation sites (N-methyl/N-ethyl adjacent to an activating group) is 1. The van der Waals surface area contributed by atoms with Gasteiger partial charge in [-0.2, -0.15) is 0 Å². The third-order valence-corrected chi connectivity index (χ3v) is 3.95. The zero-order chi connectivity index (χ0) is 18.5. The number of ether oxygens (including phenoxy) is 3. The maximum Gasteiger partial charge on any atom is 0.260 e. The molecule has 0 saturated heterocycles. The third kappa shape index (κ3) is 4.44. The summed E-state index contributed by atoms with van der Waals surface area (Å²) in [4.78, 5) is 24.7. The number of rotatable bonds is 7. The van der Waals surface area contributed by atoms with Crippen LogP contribution in [0.5, 0.6) is 17.2 Å². The molecule has 0 aliphatic carbocycles. The lowest BCUT2D eigenvalue weighted by atomic mass is 10.1. The molecule has 0 fully saturated rings. The number of amides is 2. The summed E-state index contributed by atoms with van der Waals surface area (Å²) in [6.45, 7) is 0.590. The summed E-state index contributed by atoms with van der Waals surface area (Å²) in [6, 6.07) is 12.5. The summed E-state index contributed by atoms with van der Waals surface area (Å²) in [5, 5.41) is 0. The van der Waals surface area contributed by atoms with E-state index in [0.717, 1.165) is 11.1 Å². The van der Waals surface area contributed by atoms with Crippen molar-refractivity contribution in [3.63, 3.8) is 0 Å². The zero-order valence-electron chi connectivity index (χ0n) is 14.4. The second-order valence-corrected chi connectivity index (χ2v) is 6.01. The minimum absolute atomic E-state index is 0.0732. The molecule has 1 heterocycles. The smallest absolute Gasteiger partial charge is 0.260 e. The van der Waals surface area contributed by atoms with Crippen molar-refractivity contribution in [1.29, 1.82) is 0 Å². The largest absolute Gasteiger partial charge is 0.484 e. The van der Waals surface area contributed by atoms with Crippen LogP contribution in [0.1, 0.15) is 11.1 Å². The predicted molar refractivity (Wildman–Crippen MR) is 93.9 cm³/mol. The van der Waals surface area contributed by atoms with Gasteiger partial charge in [0.1, 0.15) is 5.75 Å². The maximum atomic E-state index is 12.3. The standard InChI is InChI=1S/C19H20N2O5/c1-21(10-14-4-7-16-17(8-14)26-12-25-16)19(23)11-24-15-5-2-13(3-6-15)9-18(20)22/h2-8H,9-12H2,1H3,(H2,20,22). The quantitative estimate of drug-likeness (QED) is 0.811. The summed E-state index contributed by atoms with van der Waals surface area (Å²) < 4.78 is 16.1. The summed E-state index contributed by atoms with van der Waals surface area (Å²) in [5.74, 6) is 1.42. The van der Waals surface area contributed by atoms with Crippen molar-refractivity contribution in [2.45, 2.75) is 13.0 Å². The summed E-state index contributed by atoms with van der Waals surface area (Å²) in [6.07, 6.45) is 0.178. The Balaban J connectivity index is 1.50. The Bertz CT molecular complexity index is 804. The van der Waals surface area contributed by atoms with Crippen molar-refractivity contribution >= 4 is 11.8 Å². The molecule has 2 aromatic rings. The molecule has 7 nitrogen and oxygen atoms in total. The highest BCUT2D eigenvalue weighted by Gasteiger charge is 2.15. The lowest BCUT2D eigenvalue weighted by Gasteiger charge is -2.18. The SMILES string of the molecule is CN(Cc1ccc2c(c1)OCO2)C(=O)COc1ccc(CC(N)=O)cc1. The average molecular weight is 356 g/mol. The third-order valence-electron chi connectivity index (χ3n) is 3.95. The minimum atomic E-state index is -0.390. The van der Waals surface area contributed by atoms with E-state index in [9.17, 15) is 9.59 Å². The van der Waals surface area contributed by atoms with E-state index >= 15 is 0 Å². The first kappa shape index (κ1) is 17.6. The van der Waals surface area contributed by atoms with Crippen LogP contribution in [0, 0.1) is 0 Å². The molecule has 0 radical (unpaired) electrons. The van der Waals surface area contributed by atoms with Crippen molar-refractivity contribution in [3.8, 4) is 17.2 Å². The van der Waals surface area contributed by atoms with E-state index in [0.29, 0.717) is 23.8 Å². The summed E-state index contributed by atoms with van der Waals surface area (Å²) in [5.41, 5.74) is 6.90. The molecule has 7 heteroatoms. The normalized spacial score (nSPS) is 11.9. The topological polar surface area (TPSA) is 91.1 Å². The van der Waals surface area contributed by atoms with Crippen molar-refractivity contribution in [3.05, 3.63) is 53.6 Å². The number of hydrogen-bond acceptors (Lipinski definition) is 5. The summed E-state index contributed by atoms with van der Waals surface area (Å²) in [7, 11) is 1.71. The Labute approximate surface area is 151 Å². The molecule has 3 rings (SSSR count). The molecule has 26 heavy (non-hydrogen) atoms. The van der Waals surface area contributed by atoms with E-state index in [1.807, 2.05) is 18.2 Å². The van der Waals surface area contributed by atoms with E-state index in [-0.39, 0.29) is 31.6 Å². The molecule has 0 aromatic heterocycles. The lowest BCUT2D eigenvalue weighted by molar-refractivity contribution is -0.132. The number of nitrogens with two attached hydrogens (primary N) is 1. The van der Waals surface area contributed by atoms with Crippen LogP contribution in [-0.2, 0) is 22.6 Å². The molecule has 0 saturated carbocycles. The number of hydrogen-bond donors (Lipinski definition) is 1. The van der Waals surface area contributed by atoms with E-state index < -0.39 is 0 Å². The predicted octanol–water partition coefficient (Wildman–Crippen LogP) is 1.48. The van der Waals surface area contributed by atoms with Gasteiger partial charge in [0, 0.05) is 13.6 Å². The molecule has 2 N–H and O–H groups in total. The van der Waals surface area contributed by atoms with Crippen LogP contribution in [0.15, 0.2) is 42.5 Å². The number of nitrogens with zero attached hydrogens (tertiary/aromatic N) is 1. The van der Waals surface area contributed by atoms with Crippen LogP contribution < -0.4 is 19.9 Å². The van der Waals surface area contributed by atoms with Crippen molar-refractivity contribution in [2.75, 3.05) is 20.4 Å². The van der Waals surface area contributed by atoms with Crippen LogP contribution in [0.25, 0.3) is 0 Å². The molecular formula is C19H20N2O5. The van der Waals surface area contributed by atoms with Gasteiger partial charge in [-0.15, -0.1) is 0 Å². The van der Waals surface area contributed by atoms with Gasteiger partial charge >= 0.3 is 0 Å². The first-order valence-corrected chi connectivity index (χ1v) is 8.14. The van der Waals surface area contributed by atoms with Gasteiger partial charge in [-0.05, 0) is 35.4 Å². The highest BCUT2D eigenvalue weighted by atomic mass is 16.7. The van der Waals surface area contributed by atoms with Gasteiger partial charge in [-0.1, -0.05) is 18.2 Å². The van der Waals surface area contributed by atoms with Gasteiger partial charge in [0.25, 0.3) is 5.91 Å². The van der Waals surface area contributed by atoms with E-state index in [1.54, 1.807) is 36.2 Å². The molecule has 2 aromatic carbocycles. The molecule has 0 bridgehead atoms. The Kier molecular flexibility index (Phi) is 5.26. The van der Waals surface area contributed by atoms with Crippen molar-refractivity contribution < 1.29 is 23.8 Å². The Hall–Kier alpha value is -3.22. The molecular weight excluding hydrogens is 336 g/mol. The van der Waals surface area contributed by atoms with Crippen molar-refractivity contribution in [1.82, 2.24) is 4.90 Å². The van der Waals surface area contributed by atoms with Crippen molar-refractivity contribution in [2.24, 2.45) is 5.73 Å². The molecule has 2 amide bonds. The van der Waals surface area contributed by atoms with E-state index in [1.165, 1.54) is 0 Å². The highest BCUT2D eigenvalue weighted by Crippen LogP contribution is 2.32. The first-order chi connectivity index (χ1) is 12.5. The second kappa shape index (κ2) is 7.77. The van der Waals surface area contributed by atoms with Crippen LogP contribution in [0.3, 0.4) is 0 Å². The molecule has 136 valence electrons. The first-order valence-electron chi connectivity index (χ1n) is 8.14. The zero-order valence-corrected chi connectivity index (χ0v) is 14.4. The Morgan fingerprint density at radius 2 is 1.77 bits per heavy atom. The van der Waals surface area contributed by atoms with Crippen LogP contribution in [0.4, 0.5) is 0 Å². The van der Waals surface area contributed by atoms with Gasteiger partial charge in [-0.3, -0.25) is 9.59 Å². The fourth-order valence-corrected chi connectivity index (χ4v) is 2.56. The molecule has 0 atom stereocenters. The molecule has 0 spiro atoms. The van der Waals surface area contributed by atoms with Gasteiger partial charge in [-0.25, -0.2) is 0 Å². The fourth-order valence-electron chi connectivity index (χ4n) is 2.56. The minimum Gasteiger partial charge on any atom is -0.484 e. The van der Waals surface area contributed by atoms with Gasteiger partial charge in [0.15, 0.2) is 18.1 Å². The average Bonchev–Trinajstić information content (AvgIpc) is 3.08. The number of carbonyl (C=O) groups is 2. The van der Waals surface area contributed by atoms with Gasteiger partial charge < -0.3 is 24.8 Å². The van der Waals surface area contributed by atoms with E-state index in [4.69, 9.17) is 19.9 Å². The molecule has 1 aliphatic rings. The number of benzene rings is 2. The molecule has 0 unspecified atom stereocenters. The van der Waals surface area contributed by atoms with Gasteiger partial charge in [0.2, 0.25) is 12.7 Å². The summed E-state index contributed by atoms with van der Waals surface area (Å²) >= 11 is 0. The Morgan fingerprint density at radius 3 is 2.50 bits per heavy atom. The van der Waals surface area contributed by atoms with E-state index in [2.05, 4.69) is 0 Å². The fraction of sp³-hybridized carbons (Fsp3) is 0.263. The monoisotopic (exact) mass is 356 g/mol. The lowest BCUT2D eigenvalue weighted by Crippen LogP contribution is -2.30. The number of primary amides is 1. The maximum absolute atomic E-state index is 12.3. The number of fused-ring (bicyclic) bond motifs is 1.